The predicted octanol–water partition coefficient (Wildman–Crippen LogP) is 8.46. The summed E-state index contributed by atoms with van der Waals surface area (Å²) < 4.78 is 13.4. The van der Waals surface area contributed by atoms with Gasteiger partial charge in [0.05, 0.1) is 5.52 Å². The van der Waals surface area contributed by atoms with Crippen molar-refractivity contribution < 1.29 is 18.8 Å². The maximum atomic E-state index is 13.7. The number of anilines is 1. The number of allylic oxidation sites excluding steroid dienone is 1. The lowest BCUT2D eigenvalue weighted by atomic mass is 9.97. The lowest BCUT2D eigenvalue weighted by Gasteiger charge is -2.25. The fraction of sp³-hybridized carbons (Fsp3) is 0.0952. The second kappa shape index (κ2) is 14.8. The first-order valence-electron chi connectivity index (χ1n) is 16.1. The van der Waals surface area contributed by atoms with Crippen LogP contribution in [0.1, 0.15) is 50.4 Å². The molecule has 50 heavy (non-hydrogen) atoms. The molecule has 6 rings (SSSR count). The molecule has 6 aromatic rings. The Morgan fingerprint density at radius 3 is 2.18 bits per heavy atom. The van der Waals surface area contributed by atoms with Crippen LogP contribution in [0.25, 0.3) is 27.6 Å². The highest BCUT2D eigenvalue weighted by Gasteiger charge is 2.26. The zero-order chi connectivity index (χ0) is 35.2. The summed E-state index contributed by atoms with van der Waals surface area (Å²) in [5.74, 6) is -1.04. The number of amides is 3. The van der Waals surface area contributed by atoms with Gasteiger partial charge in [-0.05, 0) is 83.3 Å². The number of nitrogens with one attached hydrogen (secondary N) is 2. The highest BCUT2D eigenvalue weighted by Crippen LogP contribution is 2.27. The van der Waals surface area contributed by atoms with Gasteiger partial charge >= 0.3 is 0 Å². The quantitative estimate of drug-likeness (QED) is 0.154. The first-order valence-corrected chi connectivity index (χ1v) is 16.1. The molecular weight excluding hydrogens is 627 g/mol. The van der Waals surface area contributed by atoms with Crippen LogP contribution in [0.15, 0.2) is 140 Å². The van der Waals surface area contributed by atoms with Gasteiger partial charge in [-0.25, -0.2) is 9.37 Å². The summed E-state index contributed by atoms with van der Waals surface area (Å²) in [4.78, 5) is 46.8. The molecule has 0 bridgehead atoms. The van der Waals surface area contributed by atoms with E-state index in [1.54, 1.807) is 79.8 Å². The zero-order valence-electron chi connectivity index (χ0n) is 27.7. The normalized spacial score (nSPS) is 11.4. The van der Waals surface area contributed by atoms with Gasteiger partial charge in [-0.2, -0.15) is 0 Å². The van der Waals surface area contributed by atoms with Crippen molar-refractivity contribution in [3.63, 3.8) is 0 Å². The van der Waals surface area contributed by atoms with Gasteiger partial charge < -0.3 is 15.5 Å². The molecule has 0 saturated carbocycles. The van der Waals surface area contributed by atoms with Crippen molar-refractivity contribution in [1.82, 2.24) is 15.2 Å². The summed E-state index contributed by atoms with van der Waals surface area (Å²) in [5, 5.41) is 6.50. The van der Waals surface area contributed by atoms with E-state index in [2.05, 4.69) is 22.2 Å². The van der Waals surface area contributed by atoms with Gasteiger partial charge in [0.1, 0.15) is 17.7 Å². The molecule has 0 fully saturated rings. The van der Waals surface area contributed by atoms with Crippen molar-refractivity contribution in [1.29, 1.82) is 0 Å². The molecule has 1 heterocycles. The number of fused-ring (bicyclic) bond motifs is 1. The van der Waals surface area contributed by atoms with Crippen LogP contribution in [0.2, 0.25) is 0 Å². The third-order valence-corrected chi connectivity index (χ3v) is 8.42. The number of likely N-dealkylation sites (N-methyl/N-ethyl adjacent to an activating group) is 1. The van der Waals surface area contributed by atoms with E-state index in [4.69, 9.17) is 0 Å². The molecule has 1 atom stereocenters. The number of rotatable bonds is 10. The van der Waals surface area contributed by atoms with E-state index < -0.39 is 11.9 Å². The molecule has 7 nitrogen and oxygen atoms in total. The van der Waals surface area contributed by atoms with Crippen molar-refractivity contribution in [3.05, 3.63) is 174 Å². The Bertz CT molecular complexity index is 2200. The third kappa shape index (κ3) is 7.66. The van der Waals surface area contributed by atoms with Gasteiger partial charge in [0, 0.05) is 30.1 Å². The molecule has 0 aliphatic heterocycles. The molecule has 8 heteroatoms. The molecule has 1 aromatic heterocycles. The SMILES string of the molecule is C=C(C)c1ccc(-c2ccccc2C(=O)Nc2ccc3cc(C(=O)NC(C(=O)N(C)Cc4ccc(F)cc4)c4ccccc4)ccc3n2)cc1. The number of pyridine rings is 1. The first kappa shape index (κ1) is 33.5. The maximum Gasteiger partial charge on any atom is 0.257 e. The van der Waals surface area contributed by atoms with Gasteiger partial charge in [-0.15, -0.1) is 0 Å². The van der Waals surface area contributed by atoms with Crippen molar-refractivity contribution in [3.8, 4) is 11.1 Å². The third-order valence-electron chi connectivity index (χ3n) is 8.42. The van der Waals surface area contributed by atoms with E-state index in [-0.39, 0.29) is 24.2 Å². The molecule has 0 spiro atoms. The van der Waals surface area contributed by atoms with E-state index in [1.165, 1.54) is 17.0 Å². The average Bonchev–Trinajstić information content (AvgIpc) is 3.14. The van der Waals surface area contributed by atoms with Gasteiger partial charge in [0.2, 0.25) is 5.91 Å². The van der Waals surface area contributed by atoms with Crippen LogP contribution in [0.5, 0.6) is 0 Å². The number of carbonyl (C=O) groups excluding carboxylic acids is 3. The fourth-order valence-corrected chi connectivity index (χ4v) is 5.70. The predicted molar refractivity (Wildman–Crippen MR) is 196 cm³/mol. The number of benzene rings is 5. The molecule has 0 saturated heterocycles. The van der Waals surface area contributed by atoms with Crippen LogP contribution in [0, 0.1) is 5.82 Å². The van der Waals surface area contributed by atoms with E-state index in [9.17, 15) is 18.8 Å². The summed E-state index contributed by atoms with van der Waals surface area (Å²) in [7, 11) is 1.64. The van der Waals surface area contributed by atoms with Crippen molar-refractivity contribution in [2.45, 2.75) is 19.5 Å². The summed E-state index contributed by atoms with van der Waals surface area (Å²) in [5.41, 5.74) is 6.53. The maximum absolute atomic E-state index is 13.7. The Labute approximate surface area is 290 Å². The molecule has 3 amide bonds. The molecule has 1 unspecified atom stereocenters. The number of aromatic nitrogens is 1. The van der Waals surface area contributed by atoms with Crippen LogP contribution in [-0.2, 0) is 11.3 Å². The first-order chi connectivity index (χ1) is 24.2. The minimum Gasteiger partial charge on any atom is -0.339 e. The van der Waals surface area contributed by atoms with Gasteiger partial charge in [-0.3, -0.25) is 14.4 Å². The standard InChI is InChI=1S/C42H35FN4O3/c1-27(2)29-15-17-30(18-16-29)35-11-7-8-12-36(35)41(49)45-38-24-20-32-25-33(19-23-37(32)44-38)40(48)46-39(31-9-5-4-6-10-31)42(50)47(3)26-28-13-21-34(43)22-14-28/h4-25,39H,1,26H2,2-3H3,(H,46,48)(H,44,45,49). The summed E-state index contributed by atoms with van der Waals surface area (Å²) >= 11 is 0. The van der Waals surface area contributed by atoms with Crippen LogP contribution < -0.4 is 10.6 Å². The van der Waals surface area contributed by atoms with E-state index >= 15 is 0 Å². The van der Waals surface area contributed by atoms with Crippen LogP contribution in [0.3, 0.4) is 0 Å². The number of halogens is 1. The minimum atomic E-state index is -0.951. The number of nitrogens with zero attached hydrogens (tertiary/aromatic N) is 2. The summed E-state index contributed by atoms with van der Waals surface area (Å²) in [6.45, 7) is 6.18. The van der Waals surface area contributed by atoms with Crippen LogP contribution in [0.4, 0.5) is 10.2 Å². The molecule has 5 aromatic carbocycles. The lowest BCUT2D eigenvalue weighted by molar-refractivity contribution is -0.132. The second-order valence-electron chi connectivity index (χ2n) is 12.1. The molecule has 0 radical (unpaired) electrons. The Kier molecular flexibility index (Phi) is 9.90. The number of hydrogen-bond acceptors (Lipinski definition) is 4. The Morgan fingerprint density at radius 2 is 1.46 bits per heavy atom. The molecule has 0 aliphatic carbocycles. The highest BCUT2D eigenvalue weighted by molar-refractivity contribution is 6.09. The number of carbonyl (C=O) groups is 3. The summed E-state index contributed by atoms with van der Waals surface area (Å²) in [6.07, 6.45) is 0. The van der Waals surface area contributed by atoms with E-state index in [0.29, 0.717) is 33.4 Å². The Balaban J connectivity index is 1.18. The second-order valence-corrected chi connectivity index (χ2v) is 12.1. The molecule has 2 N–H and O–H groups in total. The van der Waals surface area contributed by atoms with Crippen molar-refractivity contribution in [2.24, 2.45) is 0 Å². The topological polar surface area (TPSA) is 91.4 Å². The fourth-order valence-electron chi connectivity index (χ4n) is 5.70. The Morgan fingerprint density at radius 1 is 0.780 bits per heavy atom. The van der Waals surface area contributed by atoms with E-state index in [0.717, 1.165) is 27.8 Å². The van der Waals surface area contributed by atoms with Crippen LogP contribution >= 0.6 is 0 Å². The average molecular weight is 663 g/mol. The molecular formula is C42H35FN4O3. The zero-order valence-corrected chi connectivity index (χ0v) is 27.7. The van der Waals surface area contributed by atoms with Crippen molar-refractivity contribution >= 4 is 40.0 Å². The molecule has 248 valence electrons. The number of hydrogen-bond donors (Lipinski definition) is 2. The minimum absolute atomic E-state index is 0.243. The highest BCUT2D eigenvalue weighted by atomic mass is 19.1. The summed E-state index contributed by atoms with van der Waals surface area (Å²) in [6, 6.07) is 37.8. The van der Waals surface area contributed by atoms with Gasteiger partial charge in [0.25, 0.3) is 11.8 Å². The van der Waals surface area contributed by atoms with Crippen LogP contribution in [-0.4, -0.2) is 34.7 Å². The van der Waals surface area contributed by atoms with Gasteiger partial charge in [-0.1, -0.05) is 97.1 Å². The van der Waals surface area contributed by atoms with Crippen molar-refractivity contribution in [2.75, 3.05) is 12.4 Å². The lowest BCUT2D eigenvalue weighted by Crippen LogP contribution is -2.41. The smallest absolute Gasteiger partial charge is 0.257 e. The molecule has 0 aliphatic rings. The largest absolute Gasteiger partial charge is 0.339 e. The monoisotopic (exact) mass is 662 g/mol. The van der Waals surface area contributed by atoms with E-state index in [1.807, 2.05) is 55.5 Å². The van der Waals surface area contributed by atoms with Gasteiger partial charge in [0.15, 0.2) is 0 Å². The Hall–Kier alpha value is -6.41.